The van der Waals surface area contributed by atoms with Gasteiger partial charge in [-0.3, -0.25) is 4.79 Å². The fourth-order valence-electron chi connectivity index (χ4n) is 1.44. The first-order valence-corrected chi connectivity index (χ1v) is 5.55. The van der Waals surface area contributed by atoms with Crippen LogP contribution >= 0.6 is 0 Å². The minimum absolute atomic E-state index is 0.239. The molecule has 2 unspecified atom stereocenters. The molecule has 0 aliphatic rings. The van der Waals surface area contributed by atoms with Gasteiger partial charge in [-0.15, -0.1) is 0 Å². The Balaban J connectivity index is 4.13. The number of carbonyl (C=O) groups is 1. The van der Waals surface area contributed by atoms with Gasteiger partial charge in [-0.05, 0) is 6.42 Å². The van der Waals surface area contributed by atoms with Gasteiger partial charge in [0.25, 0.3) is 0 Å². The minimum Gasteiger partial charge on any atom is -0.390 e. The zero-order valence-corrected chi connectivity index (χ0v) is 9.72. The molecule has 6 heteroatoms. The van der Waals surface area contributed by atoms with E-state index in [2.05, 4.69) is 11.9 Å². The number of nitrogens with zero attached hydrogens (tertiary/aromatic N) is 1. The van der Waals surface area contributed by atoms with Crippen LogP contribution < -0.4 is 17.2 Å². The molecule has 16 heavy (non-hydrogen) atoms. The van der Waals surface area contributed by atoms with Gasteiger partial charge in [0, 0.05) is 0 Å². The van der Waals surface area contributed by atoms with Gasteiger partial charge in [0.1, 0.15) is 0 Å². The third kappa shape index (κ3) is 6.23. The van der Waals surface area contributed by atoms with E-state index in [1.807, 2.05) is 0 Å². The minimum atomic E-state index is -1.04. The number of hydrogen-bond donors (Lipinski definition) is 4. The van der Waals surface area contributed by atoms with Crippen molar-refractivity contribution >= 4 is 11.9 Å². The van der Waals surface area contributed by atoms with Crippen molar-refractivity contribution in [3.05, 3.63) is 0 Å². The lowest BCUT2D eigenvalue weighted by Crippen LogP contribution is -2.40. The van der Waals surface area contributed by atoms with Crippen LogP contribution in [0.1, 0.15) is 39.0 Å². The fourth-order valence-corrected chi connectivity index (χ4v) is 1.44. The molecule has 94 valence electrons. The second kappa shape index (κ2) is 7.92. The highest BCUT2D eigenvalue weighted by Gasteiger charge is 2.23. The van der Waals surface area contributed by atoms with Crippen molar-refractivity contribution < 1.29 is 9.90 Å². The summed E-state index contributed by atoms with van der Waals surface area (Å²) in [5, 5.41) is 9.71. The van der Waals surface area contributed by atoms with Crippen molar-refractivity contribution in [1.82, 2.24) is 0 Å². The lowest BCUT2D eigenvalue weighted by atomic mass is 10.0. The van der Waals surface area contributed by atoms with Gasteiger partial charge in [0.05, 0.1) is 6.10 Å². The van der Waals surface area contributed by atoms with Crippen molar-refractivity contribution in [2.75, 3.05) is 0 Å². The fraction of sp³-hybridized carbons (Fsp3) is 0.800. The molecule has 0 fully saturated rings. The number of aliphatic imine (C=N–C) groups is 1. The summed E-state index contributed by atoms with van der Waals surface area (Å²) < 4.78 is 0. The molecule has 7 N–H and O–H groups in total. The maximum absolute atomic E-state index is 11.0. The van der Waals surface area contributed by atoms with E-state index in [1.165, 1.54) is 0 Å². The molecule has 0 aromatic rings. The number of unbranched alkanes of at least 4 members (excludes halogenated alkanes) is 3. The Morgan fingerprint density at radius 3 is 2.31 bits per heavy atom. The Morgan fingerprint density at radius 2 is 1.88 bits per heavy atom. The number of aliphatic hydroxyl groups is 1. The molecular weight excluding hydrogens is 208 g/mol. The summed E-state index contributed by atoms with van der Waals surface area (Å²) in [4.78, 5) is 14.6. The number of aliphatic hydroxyl groups excluding tert-OH is 1. The smallest absolute Gasteiger partial charge is 0.245 e. The zero-order chi connectivity index (χ0) is 12.6. The topological polar surface area (TPSA) is 128 Å². The predicted octanol–water partition coefficient (Wildman–Crippen LogP) is -0.555. The molecule has 0 aromatic heterocycles. The van der Waals surface area contributed by atoms with Crippen LogP contribution in [0.3, 0.4) is 0 Å². The van der Waals surface area contributed by atoms with E-state index in [-0.39, 0.29) is 5.96 Å². The largest absolute Gasteiger partial charge is 0.390 e. The monoisotopic (exact) mass is 230 g/mol. The van der Waals surface area contributed by atoms with Crippen LogP contribution in [-0.4, -0.2) is 29.1 Å². The van der Waals surface area contributed by atoms with E-state index in [9.17, 15) is 9.90 Å². The maximum Gasteiger partial charge on any atom is 0.245 e. The van der Waals surface area contributed by atoms with E-state index in [1.54, 1.807) is 0 Å². The average Bonchev–Trinajstić information content (AvgIpc) is 2.20. The number of hydrogen-bond acceptors (Lipinski definition) is 3. The molecule has 0 heterocycles. The molecule has 0 spiro atoms. The lowest BCUT2D eigenvalue weighted by molar-refractivity contribution is -0.121. The van der Waals surface area contributed by atoms with Crippen LogP contribution in [0.25, 0.3) is 0 Å². The molecule has 0 radical (unpaired) electrons. The molecule has 6 nitrogen and oxygen atoms in total. The van der Waals surface area contributed by atoms with Gasteiger partial charge < -0.3 is 22.3 Å². The quantitative estimate of drug-likeness (QED) is 0.253. The summed E-state index contributed by atoms with van der Waals surface area (Å²) in [5.41, 5.74) is 15.4. The molecular formula is C10H22N4O2. The Morgan fingerprint density at radius 1 is 1.25 bits per heavy atom. The van der Waals surface area contributed by atoms with Gasteiger partial charge in [-0.2, -0.15) is 0 Å². The predicted molar refractivity (Wildman–Crippen MR) is 63.6 cm³/mol. The van der Waals surface area contributed by atoms with Crippen LogP contribution in [-0.2, 0) is 4.79 Å². The molecule has 0 aromatic carbocycles. The van der Waals surface area contributed by atoms with E-state index in [4.69, 9.17) is 17.2 Å². The molecule has 1 amide bonds. The SMILES string of the molecule is CCCCCCC(O)C(N=C(N)N)C(N)=O. The Hall–Kier alpha value is -1.30. The summed E-state index contributed by atoms with van der Waals surface area (Å²) in [6, 6.07) is -1.04. The molecule has 0 saturated heterocycles. The molecule has 0 saturated carbocycles. The zero-order valence-electron chi connectivity index (χ0n) is 9.72. The van der Waals surface area contributed by atoms with Crippen LogP contribution in [0.5, 0.6) is 0 Å². The first kappa shape index (κ1) is 14.7. The summed E-state index contributed by atoms with van der Waals surface area (Å²) in [6.45, 7) is 2.10. The second-order valence-electron chi connectivity index (χ2n) is 3.82. The van der Waals surface area contributed by atoms with E-state index in [0.717, 1.165) is 25.7 Å². The van der Waals surface area contributed by atoms with Gasteiger partial charge in [-0.25, -0.2) is 4.99 Å². The number of rotatable bonds is 8. The standard InChI is InChI=1S/C10H22N4O2/c1-2-3-4-5-6-7(15)8(9(11)16)14-10(12)13/h7-8,15H,2-6H2,1H3,(H2,11,16)(H4,12,13,14). The van der Waals surface area contributed by atoms with Gasteiger partial charge in [0.15, 0.2) is 12.0 Å². The normalized spacial score (nSPS) is 14.1. The third-order valence-corrected chi connectivity index (χ3v) is 2.30. The molecule has 0 rings (SSSR count). The first-order valence-electron chi connectivity index (χ1n) is 5.55. The number of carbonyl (C=O) groups excluding carboxylic acids is 1. The Labute approximate surface area is 95.9 Å². The van der Waals surface area contributed by atoms with Gasteiger partial charge >= 0.3 is 0 Å². The van der Waals surface area contributed by atoms with E-state index < -0.39 is 18.1 Å². The van der Waals surface area contributed by atoms with Crippen LogP contribution in [0.15, 0.2) is 4.99 Å². The summed E-state index contributed by atoms with van der Waals surface area (Å²) in [5.74, 6) is -0.951. The van der Waals surface area contributed by atoms with Crippen molar-refractivity contribution in [2.24, 2.45) is 22.2 Å². The number of amides is 1. The highest BCUT2D eigenvalue weighted by molar-refractivity contribution is 5.85. The highest BCUT2D eigenvalue weighted by Crippen LogP contribution is 2.10. The molecule has 0 bridgehead atoms. The molecule has 2 atom stereocenters. The van der Waals surface area contributed by atoms with Crippen LogP contribution in [0.4, 0.5) is 0 Å². The summed E-state index contributed by atoms with van der Waals surface area (Å²) >= 11 is 0. The van der Waals surface area contributed by atoms with E-state index in [0.29, 0.717) is 6.42 Å². The van der Waals surface area contributed by atoms with Gasteiger partial charge in [0.2, 0.25) is 5.91 Å². The number of guanidine groups is 1. The van der Waals surface area contributed by atoms with Crippen molar-refractivity contribution in [1.29, 1.82) is 0 Å². The second-order valence-corrected chi connectivity index (χ2v) is 3.82. The average molecular weight is 230 g/mol. The summed E-state index contributed by atoms with van der Waals surface area (Å²) in [7, 11) is 0. The lowest BCUT2D eigenvalue weighted by Gasteiger charge is -2.16. The highest BCUT2D eigenvalue weighted by atomic mass is 16.3. The number of primary amides is 1. The molecule has 0 aliphatic heterocycles. The maximum atomic E-state index is 11.0. The Kier molecular flexibility index (Phi) is 7.28. The number of nitrogens with two attached hydrogens (primary N) is 3. The van der Waals surface area contributed by atoms with Crippen LogP contribution in [0.2, 0.25) is 0 Å². The van der Waals surface area contributed by atoms with Crippen molar-refractivity contribution in [3.63, 3.8) is 0 Å². The third-order valence-electron chi connectivity index (χ3n) is 2.30. The van der Waals surface area contributed by atoms with E-state index >= 15 is 0 Å². The molecule has 0 aliphatic carbocycles. The van der Waals surface area contributed by atoms with Crippen molar-refractivity contribution in [2.45, 2.75) is 51.2 Å². The van der Waals surface area contributed by atoms with Gasteiger partial charge in [-0.1, -0.05) is 32.6 Å². The van der Waals surface area contributed by atoms with Crippen LogP contribution in [0, 0.1) is 0 Å². The van der Waals surface area contributed by atoms with Crippen molar-refractivity contribution in [3.8, 4) is 0 Å². The summed E-state index contributed by atoms with van der Waals surface area (Å²) in [6.07, 6.45) is 3.64. The first-order chi connectivity index (χ1) is 7.49. The Bertz CT molecular complexity index is 239.